The number of carbonyl (C=O) groups is 1. The third-order valence-corrected chi connectivity index (χ3v) is 2.92. The molecule has 16 heavy (non-hydrogen) atoms. The quantitative estimate of drug-likeness (QED) is 0.830. The lowest BCUT2D eigenvalue weighted by atomic mass is 9.92. The summed E-state index contributed by atoms with van der Waals surface area (Å²) in [4.78, 5) is 10.9. The first-order chi connectivity index (χ1) is 7.75. The molecular formula is C13H17NO2. The minimum atomic E-state index is -0.0289. The van der Waals surface area contributed by atoms with Gasteiger partial charge in [0.25, 0.3) is 0 Å². The largest absolute Gasteiger partial charge is 0.381 e. The van der Waals surface area contributed by atoms with E-state index in [1.165, 1.54) is 12.5 Å². The standard InChI is InChI=1S/C13H17NO2/c1-10(15)14-13-4-2-11(3-5-13)12-6-8-16-9-7-12/h2-5,12H,6-9H2,1H3,(H,14,15). The van der Waals surface area contributed by atoms with Crippen molar-refractivity contribution in [2.75, 3.05) is 18.5 Å². The van der Waals surface area contributed by atoms with Gasteiger partial charge in [-0.25, -0.2) is 0 Å². The Bertz CT molecular complexity index is 353. The fourth-order valence-corrected chi connectivity index (χ4v) is 2.07. The van der Waals surface area contributed by atoms with Gasteiger partial charge in [0.1, 0.15) is 0 Å². The van der Waals surface area contributed by atoms with Crippen molar-refractivity contribution >= 4 is 11.6 Å². The van der Waals surface area contributed by atoms with Crippen molar-refractivity contribution in [3.63, 3.8) is 0 Å². The first-order valence-corrected chi connectivity index (χ1v) is 5.71. The first kappa shape index (κ1) is 11.1. The van der Waals surface area contributed by atoms with Crippen LogP contribution in [0.4, 0.5) is 5.69 Å². The molecule has 0 aromatic heterocycles. The van der Waals surface area contributed by atoms with Crippen molar-refractivity contribution in [2.45, 2.75) is 25.7 Å². The van der Waals surface area contributed by atoms with E-state index in [1.807, 2.05) is 12.1 Å². The number of carbonyl (C=O) groups excluding carboxylic acids is 1. The number of ether oxygens (including phenoxy) is 1. The molecule has 3 nitrogen and oxygen atoms in total. The molecule has 0 spiro atoms. The Morgan fingerprint density at radius 3 is 2.44 bits per heavy atom. The predicted octanol–water partition coefficient (Wildman–Crippen LogP) is 2.54. The molecule has 1 aromatic rings. The lowest BCUT2D eigenvalue weighted by molar-refractivity contribution is -0.114. The van der Waals surface area contributed by atoms with Crippen molar-refractivity contribution < 1.29 is 9.53 Å². The van der Waals surface area contributed by atoms with Crippen molar-refractivity contribution in [3.05, 3.63) is 29.8 Å². The highest BCUT2D eigenvalue weighted by molar-refractivity contribution is 5.88. The molecule has 1 fully saturated rings. The van der Waals surface area contributed by atoms with Crippen LogP contribution in [0.5, 0.6) is 0 Å². The van der Waals surface area contributed by atoms with E-state index in [0.29, 0.717) is 5.92 Å². The van der Waals surface area contributed by atoms with Gasteiger partial charge in [-0.05, 0) is 36.5 Å². The topological polar surface area (TPSA) is 38.3 Å². The van der Waals surface area contributed by atoms with Gasteiger partial charge >= 0.3 is 0 Å². The van der Waals surface area contributed by atoms with Crippen molar-refractivity contribution in [1.29, 1.82) is 0 Å². The van der Waals surface area contributed by atoms with Gasteiger partial charge in [-0.2, -0.15) is 0 Å². The molecule has 1 aliphatic heterocycles. The molecule has 1 heterocycles. The molecule has 3 heteroatoms. The van der Waals surface area contributed by atoms with Gasteiger partial charge in [0.05, 0.1) is 0 Å². The molecule has 0 bridgehead atoms. The van der Waals surface area contributed by atoms with Gasteiger partial charge in [0.15, 0.2) is 0 Å². The second-order valence-corrected chi connectivity index (χ2v) is 4.19. The zero-order chi connectivity index (χ0) is 11.4. The third kappa shape index (κ3) is 2.83. The van der Waals surface area contributed by atoms with E-state index in [9.17, 15) is 4.79 Å². The van der Waals surface area contributed by atoms with Crippen molar-refractivity contribution in [1.82, 2.24) is 0 Å². The van der Waals surface area contributed by atoms with Gasteiger partial charge in [-0.1, -0.05) is 12.1 Å². The fourth-order valence-electron chi connectivity index (χ4n) is 2.07. The molecule has 1 amide bonds. The van der Waals surface area contributed by atoms with Gasteiger partial charge < -0.3 is 10.1 Å². The molecule has 0 radical (unpaired) electrons. The Labute approximate surface area is 95.8 Å². The van der Waals surface area contributed by atoms with Gasteiger partial charge in [0, 0.05) is 25.8 Å². The van der Waals surface area contributed by atoms with Crippen molar-refractivity contribution in [2.24, 2.45) is 0 Å². The monoisotopic (exact) mass is 219 g/mol. The molecule has 0 aliphatic carbocycles. The third-order valence-electron chi connectivity index (χ3n) is 2.92. The Kier molecular flexibility index (Phi) is 3.57. The van der Waals surface area contributed by atoms with Crippen LogP contribution in [0.3, 0.4) is 0 Å². The summed E-state index contributed by atoms with van der Waals surface area (Å²) in [6.45, 7) is 3.24. The van der Waals surface area contributed by atoms with Crippen LogP contribution in [0.25, 0.3) is 0 Å². The van der Waals surface area contributed by atoms with Crippen LogP contribution in [0.1, 0.15) is 31.2 Å². The highest BCUT2D eigenvalue weighted by atomic mass is 16.5. The highest BCUT2D eigenvalue weighted by Gasteiger charge is 2.15. The SMILES string of the molecule is CC(=O)Nc1ccc(C2CCOCC2)cc1. The highest BCUT2D eigenvalue weighted by Crippen LogP contribution is 2.27. The molecule has 1 aromatic carbocycles. The molecule has 0 saturated carbocycles. The average molecular weight is 219 g/mol. The van der Waals surface area contributed by atoms with E-state index < -0.39 is 0 Å². The lowest BCUT2D eigenvalue weighted by Gasteiger charge is -2.22. The lowest BCUT2D eigenvalue weighted by Crippen LogP contribution is -2.14. The van der Waals surface area contributed by atoms with E-state index >= 15 is 0 Å². The first-order valence-electron chi connectivity index (χ1n) is 5.71. The zero-order valence-electron chi connectivity index (χ0n) is 9.53. The minimum Gasteiger partial charge on any atom is -0.381 e. The van der Waals surface area contributed by atoms with Gasteiger partial charge in [-0.15, -0.1) is 0 Å². The number of nitrogens with one attached hydrogen (secondary N) is 1. The molecule has 2 rings (SSSR count). The van der Waals surface area contributed by atoms with Crippen LogP contribution < -0.4 is 5.32 Å². The number of hydrogen-bond acceptors (Lipinski definition) is 2. The Hall–Kier alpha value is -1.35. The molecule has 0 unspecified atom stereocenters. The normalized spacial score (nSPS) is 17.1. The summed E-state index contributed by atoms with van der Waals surface area (Å²) in [7, 11) is 0. The summed E-state index contributed by atoms with van der Waals surface area (Å²) in [6.07, 6.45) is 2.19. The van der Waals surface area contributed by atoms with Crippen LogP contribution in [0, 0.1) is 0 Å². The summed E-state index contributed by atoms with van der Waals surface area (Å²) >= 11 is 0. The molecule has 1 N–H and O–H groups in total. The molecule has 1 aliphatic rings. The minimum absolute atomic E-state index is 0.0289. The Morgan fingerprint density at radius 2 is 1.88 bits per heavy atom. The summed E-state index contributed by atoms with van der Waals surface area (Å²) in [6, 6.07) is 8.13. The fraction of sp³-hybridized carbons (Fsp3) is 0.462. The number of rotatable bonds is 2. The Morgan fingerprint density at radius 1 is 1.25 bits per heavy atom. The summed E-state index contributed by atoms with van der Waals surface area (Å²) in [5.74, 6) is 0.582. The van der Waals surface area contributed by atoms with Crippen LogP contribution in [-0.4, -0.2) is 19.1 Å². The van der Waals surface area contributed by atoms with Crippen LogP contribution in [0.15, 0.2) is 24.3 Å². The van der Waals surface area contributed by atoms with Crippen molar-refractivity contribution in [3.8, 4) is 0 Å². The van der Waals surface area contributed by atoms with Gasteiger partial charge in [-0.3, -0.25) is 4.79 Å². The summed E-state index contributed by atoms with van der Waals surface area (Å²) in [5, 5.41) is 2.77. The second kappa shape index (κ2) is 5.12. The van der Waals surface area contributed by atoms with E-state index in [2.05, 4.69) is 17.4 Å². The maximum atomic E-state index is 10.9. The summed E-state index contributed by atoms with van der Waals surface area (Å²) < 4.78 is 5.34. The maximum absolute atomic E-state index is 10.9. The van der Waals surface area contributed by atoms with E-state index in [4.69, 9.17) is 4.74 Å². The zero-order valence-corrected chi connectivity index (χ0v) is 9.53. The van der Waals surface area contributed by atoms with Crippen LogP contribution in [-0.2, 0) is 9.53 Å². The number of benzene rings is 1. The molecule has 86 valence electrons. The van der Waals surface area contributed by atoms with Crippen LogP contribution in [0.2, 0.25) is 0 Å². The van der Waals surface area contributed by atoms with Gasteiger partial charge in [0.2, 0.25) is 5.91 Å². The second-order valence-electron chi connectivity index (χ2n) is 4.19. The molecule has 1 saturated heterocycles. The number of anilines is 1. The Balaban J connectivity index is 2.03. The number of hydrogen-bond donors (Lipinski definition) is 1. The van der Waals surface area contributed by atoms with Crippen LogP contribution >= 0.6 is 0 Å². The molecular weight excluding hydrogens is 202 g/mol. The van der Waals surface area contributed by atoms with E-state index in [1.54, 1.807) is 0 Å². The average Bonchev–Trinajstić information content (AvgIpc) is 2.30. The molecule has 0 atom stereocenters. The van der Waals surface area contributed by atoms with E-state index in [-0.39, 0.29) is 5.91 Å². The number of amides is 1. The maximum Gasteiger partial charge on any atom is 0.221 e. The smallest absolute Gasteiger partial charge is 0.221 e. The van der Waals surface area contributed by atoms with E-state index in [0.717, 1.165) is 31.7 Å². The summed E-state index contributed by atoms with van der Waals surface area (Å²) in [5.41, 5.74) is 2.21. The predicted molar refractivity (Wildman–Crippen MR) is 63.5 cm³/mol.